The smallest absolute Gasteiger partial charge is 0.246 e. The SMILES string of the molecule is CCOc1cccc(C2C3=CCC4C(=O)N(C5CCCCC5)C(=O)C4C3CC3C(=O)N(c4cccc(Cl)c4)C(=O)C32c2ccccc2)c1O. The normalized spacial score (nSPS) is 29.8. The van der Waals surface area contributed by atoms with Crippen LogP contribution in [-0.2, 0) is 24.6 Å². The van der Waals surface area contributed by atoms with Crippen molar-refractivity contribution >= 4 is 40.9 Å². The molecule has 9 heteroatoms. The second kappa shape index (κ2) is 12.2. The number of carbonyl (C=O) groups excluding carboxylic acids is 4. The van der Waals surface area contributed by atoms with Crippen LogP contribution in [-0.4, -0.2) is 46.3 Å². The number of nitrogens with zero attached hydrogens (tertiary/aromatic N) is 2. The fraction of sp³-hybridized carbons (Fsp3) is 0.400. The van der Waals surface area contributed by atoms with Crippen molar-refractivity contribution in [3.63, 3.8) is 0 Å². The minimum atomic E-state index is -1.47. The fourth-order valence-electron chi connectivity index (χ4n) is 9.86. The van der Waals surface area contributed by atoms with Crippen LogP contribution in [0, 0.1) is 23.7 Å². The van der Waals surface area contributed by atoms with E-state index in [9.17, 15) is 19.5 Å². The molecule has 6 atom stereocenters. The number of likely N-dealkylation sites (tertiary alicyclic amines) is 1. The number of hydrogen-bond acceptors (Lipinski definition) is 6. The number of halogens is 1. The molecule has 8 rings (SSSR count). The van der Waals surface area contributed by atoms with Crippen LogP contribution in [0.15, 0.2) is 84.4 Å². The molecule has 2 saturated heterocycles. The van der Waals surface area contributed by atoms with Gasteiger partial charge in [-0.15, -0.1) is 0 Å². The molecule has 1 N–H and O–H groups in total. The number of ether oxygens (including phenoxy) is 1. The van der Waals surface area contributed by atoms with Gasteiger partial charge >= 0.3 is 0 Å². The molecule has 0 spiro atoms. The van der Waals surface area contributed by atoms with Crippen LogP contribution in [0.2, 0.25) is 5.02 Å². The monoisotopic (exact) mass is 678 g/mol. The average molecular weight is 679 g/mol. The molecule has 8 nitrogen and oxygen atoms in total. The van der Waals surface area contributed by atoms with E-state index in [2.05, 4.69) is 0 Å². The third-order valence-electron chi connectivity index (χ3n) is 11.8. The molecule has 3 aliphatic carbocycles. The summed E-state index contributed by atoms with van der Waals surface area (Å²) in [6, 6.07) is 21.2. The fourth-order valence-corrected chi connectivity index (χ4v) is 10.0. The molecule has 49 heavy (non-hydrogen) atoms. The third kappa shape index (κ3) is 4.63. The first-order chi connectivity index (χ1) is 23.8. The lowest BCUT2D eigenvalue weighted by atomic mass is 9.49. The Balaban J connectivity index is 1.36. The zero-order valence-electron chi connectivity index (χ0n) is 27.4. The Labute approximate surface area is 290 Å². The van der Waals surface area contributed by atoms with Crippen molar-refractivity contribution in [3.8, 4) is 11.5 Å². The van der Waals surface area contributed by atoms with Crippen molar-refractivity contribution in [2.24, 2.45) is 23.7 Å². The minimum absolute atomic E-state index is 0.105. The topological polar surface area (TPSA) is 104 Å². The average Bonchev–Trinajstić information content (AvgIpc) is 3.51. The van der Waals surface area contributed by atoms with Gasteiger partial charge in [0.1, 0.15) is 0 Å². The number of carbonyl (C=O) groups is 4. The van der Waals surface area contributed by atoms with Gasteiger partial charge in [-0.05, 0) is 68.4 Å². The molecule has 6 unspecified atom stereocenters. The van der Waals surface area contributed by atoms with Crippen molar-refractivity contribution in [3.05, 3.63) is 101 Å². The van der Waals surface area contributed by atoms with Gasteiger partial charge in [-0.1, -0.05) is 91.0 Å². The lowest BCUT2D eigenvalue weighted by molar-refractivity contribution is -0.143. The van der Waals surface area contributed by atoms with Gasteiger partial charge in [0.05, 0.1) is 35.5 Å². The zero-order chi connectivity index (χ0) is 34.0. The second-order valence-electron chi connectivity index (χ2n) is 14.1. The first-order valence-corrected chi connectivity index (χ1v) is 17.9. The summed E-state index contributed by atoms with van der Waals surface area (Å²) in [5, 5.41) is 12.3. The number of phenols is 1. The van der Waals surface area contributed by atoms with Gasteiger partial charge < -0.3 is 9.84 Å². The molecule has 0 bridgehead atoms. The molecule has 4 amide bonds. The second-order valence-corrected chi connectivity index (χ2v) is 14.5. The van der Waals surface area contributed by atoms with Crippen LogP contribution in [0.5, 0.6) is 11.5 Å². The highest BCUT2D eigenvalue weighted by Crippen LogP contribution is 2.65. The Bertz CT molecular complexity index is 1890. The third-order valence-corrected chi connectivity index (χ3v) is 12.0. The Hall–Kier alpha value is -4.43. The van der Waals surface area contributed by atoms with Gasteiger partial charge in [-0.2, -0.15) is 0 Å². The summed E-state index contributed by atoms with van der Waals surface area (Å²) < 4.78 is 5.84. The van der Waals surface area contributed by atoms with E-state index in [1.54, 1.807) is 47.4 Å². The predicted molar refractivity (Wildman–Crippen MR) is 184 cm³/mol. The van der Waals surface area contributed by atoms with Gasteiger partial charge in [-0.3, -0.25) is 24.1 Å². The highest BCUT2D eigenvalue weighted by Gasteiger charge is 2.70. The zero-order valence-corrected chi connectivity index (χ0v) is 28.1. The van der Waals surface area contributed by atoms with Gasteiger partial charge in [0.15, 0.2) is 11.5 Å². The highest BCUT2D eigenvalue weighted by atomic mass is 35.5. The maximum atomic E-state index is 15.4. The Kier molecular flexibility index (Phi) is 7.90. The van der Waals surface area contributed by atoms with Crippen LogP contribution in [0.3, 0.4) is 0 Å². The lowest BCUT2D eigenvalue weighted by Crippen LogP contribution is -2.53. The van der Waals surface area contributed by atoms with E-state index in [1.165, 1.54) is 4.90 Å². The summed E-state index contributed by atoms with van der Waals surface area (Å²) in [5.41, 5.74) is 0.805. The number of aromatic hydroxyl groups is 1. The van der Waals surface area contributed by atoms with E-state index < -0.39 is 40.9 Å². The molecule has 0 radical (unpaired) electrons. The van der Waals surface area contributed by atoms with E-state index in [1.807, 2.05) is 43.3 Å². The maximum absolute atomic E-state index is 15.4. The molecule has 2 aliphatic heterocycles. The summed E-state index contributed by atoms with van der Waals surface area (Å²) in [6.45, 7) is 2.15. The highest BCUT2D eigenvalue weighted by molar-refractivity contribution is 6.32. The molecule has 2 saturated carbocycles. The number of benzene rings is 3. The van der Waals surface area contributed by atoms with E-state index in [-0.39, 0.29) is 41.7 Å². The van der Waals surface area contributed by atoms with Crippen LogP contribution >= 0.6 is 11.6 Å². The van der Waals surface area contributed by atoms with Crippen molar-refractivity contribution in [2.45, 2.75) is 69.2 Å². The van der Waals surface area contributed by atoms with Crippen LogP contribution in [0.4, 0.5) is 5.69 Å². The van der Waals surface area contributed by atoms with E-state index in [4.69, 9.17) is 16.3 Å². The van der Waals surface area contributed by atoms with Crippen LogP contribution < -0.4 is 9.64 Å². The first kappa shape index (κ1) is 31.8. The van der Waals surface area contributed by atoms with Crippen molar-refractivity contribution in [1.82, 2.24) is 4.90 Å². The van der Waals surface area contributed by atoms with Gasteiger partial charge in [0.2, 0.25) is 23.6 Å². The molecule has 3 aromatic rings. The number of anilines is 1. The molecule has 3 aromatic carbocycles. The van der Waals surface area contributed by atoms with E-state index in [0.29, 0.717) is 34.9 Å². The Morgan fingerprint density at radius 1 is 0.878 bits per heavy atom. The summed E-state index contributed by atoms with van der Waals surface area (Å²) in [5.74, 6) is -4.29. The van der Waals surface area contributed by atoms with E-state index in [0.717, 1.165) is 37.7 Å². The van der Waals surface area contributed by atoms with Gasteiger partial charge in [-0.25, -0.2) is 4.90 Å². The summed E-state index contributed by atoms with van der Waals surface area (Å²) in [6.07, 6.45) is 7.28. The van der Waals surface area contributed by atoms with Crippen LogP contribution in [0.25, 0.3) is 0 Å². The van der Waals surface area contributed by atoms with E-state index >= 15 is 4.79 Å². The molecule has 252 valence electrons. The number of rotatable bonds is 6. The Morgan fingerprint density at radius 3 is 2.37 bits per heavy atom. The molecule has 4 fully saturated rings. The summed E-state index contributed by atoms with van der Waals surface area (Å²) in [7, 11) is 0. The number of imide groups is 2. The van der Waals surface area contributed by atoms with Crippen LogP contribution in [0.1, 0.15) is 68.9 Å². The number of hydrogen-bond donors (Lipinski definition) is 1. The lowest BCUT2D eigenvalue weighted by Gasteiger charge is -2.50. The Morgan fingerprint density at radius 2 is 1.63 bits per heavy atom. The number of phenolic OH excluding ortho intramolecular Hbond substituents is 1. The molecular weight excluding hydrogens is 640 g/mol. The standard InChI is InChI=1S/C40H39ClN2O6/c1-2-49-32-18-10-17-29(35(32)44)34-27-19-20-28-33(38(47)42(36(28)45)25-14-7-4-8-15-25)30(27)22-31-37(46)43(26-16-9-13-24(41)21-26)39(48)40(31,34)23-11-5-3-6-12-23/h3,5-6,9-13,16-19,21,25,28,30-31,33-34,44H,2,4,7-8,14-15,20,22H2,1H3. The van der Waals surface area contributed by atoms with Gasteiger partial charge in [0.25, 0.3) is 0 Å². The van der Waals surface area contributed by atoms with Gasteiger partial charge in [0, 0.05) is 22.5 Å². The number of allylic oxidation sites excluding steroid dienone is 2. The summed E-state index contributed by atoms with van der Waals surface area (Å²) >= 11 is 6.40. The summed E-state index contributed by atoms with van der Waals surface area (Å²) in [4.78, 5) is 61.6. The maximum Gasteiger partial charge on any atom is 0.246 e. The predicted octanol–water partition coefficient (Wildman–Crippen LogP) is 6.94. The van der Waals surface area contributed by atoms with Crippen molar-refractivity contribution < 1.29 is 29.0 Å². The number of para-hydroxylation sites is 1. The minimum Gasteiger partial charge on any atom is -0.504 e. The number of amides is 4. The molecular formula is C40H39ClN2O6. The number of fused-ring (bicyclic) bond motifs is 4. The molecule has 2 heterocycles. The van der Waals surface area contributed by atoms with Crippen molar-refractivity contribution in [2.75, 3.05) is 11.5 Å². The van der Waals surface area contributed by atoms with Crippen molar-refractivity contribution in [1.29, 1.82) is 0 Å². The quantitative estimate of drug-likeness (QED) is 0.224. The largest absolute Gasteiger partial charge is 0.504 e. The molecule has 5 aliphatic rings. The molecule has 0 aromatic heterocycles. The first-order valence-electron chi connectivity index (χ1n) is 17.5.